The Morgan fingerprint density at radius 3 is 2.12 bits per heavy atom. The van der Waals surface area contributed by atoms with Gasteiger partial charge in [0.1, 0.15) is 23.9 Å². The molecule has 9 N–H and O–H groups in total. The quantitative estimate of drug-likeness (QED) is 0.137. The lowest BCUT2D eigenvalue weighted by atomic mass is 10.0. The Bertz CT molecular complexity index is 1390. The molecule has 2 aromatic carbocycles. The number of aliphatic hydroxyl groups excluding tert-OH is 1. The maximum absolute atomic E-state index is 13.5. The van der Waals surface area contributed by atoms with Gasteiger partial charge in [0.05, 0.1) is 12.1 Å². The molecular formula is C30H39N5O7. The fraction of sp³-hybridized carbons (Fsp3) is 0.400. The van der Waals surface area contributed by atoms with Crippen molar-refractivity contribution in [3.8, 4) is 5.75 Å². The van der Waals surface area contributed by atoms with Gasteiger partial charge >= 0.3 is 5.97 Å². The summed E-state index contributed by atoms with van der Waals surface area (Å²) in [6.45, 7) is 4.89. The number of aromatic nitrogens is 1. The second-order valence-corrected chi connectivity index (χ2v) is 10.9. The largest absolute Gasteiger partial charge is 0.508 e. The molecule has 5 atom stereocenters. The molecule has 0 fully saturated rings. The number of fused-ring (bicyclic) bond motifs is 1. The summed E-state index contributed by atoms with van der Waals surface area (Å²) < 4.78 is 0. The predicted molar refractivity (Wildman–Crippen MR) is 156 cm³/mol. The number of hydrogen-bond donors (Lipinski definition) is 8. The van der Waals surface area contributed by atoms with Crippen LogP contribution in [0.5, 0.6) is 5.75 Å². The molecule has 0 aliphatic rings. The number of phenolic OH excluding ortho intramolecular Hbond substituents is 1. The van der Waals surface area contributed by atoms with Gasteiger partial charge in [0.2, 0.25) is 17.7 Å². The first kappa shape index (κ1) is 32.1. The topological polar surface area (TPSA) is 207 Å². The van der Waals surface area contributed by atoms with E-state index in [9.17, 15) is 34.5 Å². The van der Waals surface area contributed by atoms with Crippen LogP contribution in [0.3, 0.4) is 0 Å². The van der Waals surface area contributed by atoms with Crippen LogP contribution in [-0.2, 0) is 32.0 Å². The zero-order chi connectivity index (χ0) is 31.0. The maximum atomic E-state index is 13.5. The predicted octanol–water partition coefficient (Wildman–Crippen LogP) is 0.952. The van der Waals surface area contributed by atoms with Crippen LogP contribution in [0, 0.1) is 5.92 Å². The number of aliphatic hydroxyl groups is 1. The zero-order valence-corrected chi connectivity index (χ0v) is 23.8. The van der Waals surface area contributed by atoms with Crippen LogP contribution in [0.4, 0.5) is 0 Å². The number of hydrogen-bond acceptors (Lipinski definition) is 7. The minimum atomic E-state index is -1.49. The number of carboxylic acids is 1. The van der Waals surface area contributed by atoms with Gasteiger partial charge in [-0.15, -0.1) is 0 Å². The highest BCUT2D eigenvalue weighted by molar-refractivity contribution is 5.95. The first-order valence-corrected chi connectivity index (χ1v) is 13.8. The molecule has 0 radical (unpaired) electrons. The number of benzene rings is 2. The highest BCUT2D eigenvalue weighted by atomic mass is 16.4. The first-order chi connectivity index (χ1) is 19.8. The molecule has 226 valence electrons. The summed E-state index contributed by atoms with van der Waals surface area (Å²) >= 11 is 0. The van der Waals surface area contributed by atoms with Crippen molar-refractivity contribution >= 4 is 34.6 Å². The Kier molecular flexibility index (Phi) is 11.1. The first-order valence-electron chi connectivity index (χ1n) is 13.8. The van der Waals surface area contributed by atoms with Crippen molar-refractivity contribution in [1.82, 2.24) is 20.9 Å². The number of carboxylic acid groups (broad SMARTS) is 1. The molecule has 0 saturated heterocycles. The number of aromatic amines is 1. The third kappa shape index (κ3) is 8.79. The van der Waals surface area contributed by atoms with E-state index in [4.69, 9.17) is 5.73 Å². The van der Waals surface area contributed by atoms with Gasteiger partial charge in [0, 0.05) is 23.5 Å². The number of nitrogens with two attached hydrogens (primary N) is 1. The van der Waals surface area contributed by atoms with E-state index < -0.39 is 54.0 Å². The van der Waals surface area contributed by atoms with E-state index in [0.29, 0.717) is 5.56 Å². The normalized spacial score (nSPS) is 14.9. The van der Waals surface area contributed by atoms with Gasteiger partial charge in [0.15, 0.2) is 0 Å². The highest BCUT2D eigenvalue weighted by Gasteiger charge is 2.33. The van der Waals surface area contributed by atoms with Gasteiger partial charge in [-0.05, 0) is 55.0 Å². The van der Waals surface area contributed by atoms with Gasteiger partial charge in [-0.25, -0.2) is 4.79 Å². The van der Waals surface area contributed by atoms with Crippen molar-refractivity contribution in [2.75, 3.05) is 0 Å². The molecule has 0 aliphatic carbocycles. The molecule has 42 heavy (non-hydrogen) atoms. The summed E-state index contributed by atoms with van der Waals surface area (Å²) in [6, 6.07) is 8.65. The average molecular weight is 582 g/mol. The Morgan fingerprint density at radius 2 is 1.50 bits per heavy atom. The fourth-order valence-electron chi connectivity index (χ4n) is 4.60. The number of carbonyl (C=O) groups is 4. The van der Waals surface area contributed by atoms with E-state index in [1.165, 1.54) is 19.1 Å². The van der Waals surface area contributed by atoms with Crippen molar-refractivity contribution < 1.29 is 34.5 Å². The van der Waals surface area contributed by atoms with Gasteiger partial charge < -0.3 is 42.0 Å². The summed E-state index contributed by atoms with van der Waals surface area (Å²) in [5.74, 6) is -3.53. The van der Waals surface area contributed by atoms with E-state index in [0.717, 1.165) is 16.5 Å². The van der Waals surface area contributed by atoms with Crippen molar-refractivity contribution in [1.29, 1.82) is 0 Å². The maximum Gasteiger partial charge on any atom is 0.326 e. The Morgan fingerprint density at radius 1 is 0.857 bits per heavy atom. The average Bonchev–Trinajstić information content (AvgIpc) is 3.33. The van der Waals surface area contributed by atoms with Crippen LogP contribution >= 0.6 is 0 Å². The summed E-state index contributed by atoms with van der Waals surface area (Å²) in [5, 5.41) is 37.9. The third-order valence-corrected chi connectivity index (χ3v) is 6.84. The van der Waals surface area contributed by atoms with Gasteiger partial charge in [-0.1, -0.05) is 44.2 Å². The van der Waals surface area contributed by atoms with Crippen molar-refractivity contribution in [2.24, 2.45) is 11.7 Å². The van der Waals surface area contributed by atoms with Crippen LogP contribution in [-0.4, -0.2) is 74.3 Å². The molecule has 0 bridgehead atoms. The number of amides is 3. The summed E-state index contributed by atoms with van der Waals surface area (Å²) in [5.41, 5.74) is 8.55. The molecule has 12 heteroatoms. The molecule has 3 aromatic rings. The van der Waals surface area contributed by atoms with E-state index in [1.807, 2.05) is 24.3 Å². The van der Waals surface area contributed by atoms with E-state index in [1.54, 1.807) is 32.2 Å². The molecule has 0 spiro atoms. The smallest absolute Gasteiger partial charge is 0.326 e. The monoisotopic (exact) mass is 581 g/mol. The Labute approximate surface area is 243 Å². The molecule has 0 aliphatic heterocycles. The van der Waals surface area contributed by atoms with E-state index in [2.05, 4.69) is 20.9 Å². The second-order valence-electron chi connectivity index (χ2n) is 10.9. The van der Waals surface area contributed by atoms with E-state index in [-0.39, 0.29) is 30.9 Å². The number of rotatable bonds is 14. The standard InChI is InChI=1S/C30H39N5O7/c1-16(2)12-25(30(41)42)34-29(40)26(17(3)36)35-28(39)24(13-18-8-10-20(37)11-9-18)33-27(38)22(31)14-19-15-32-23-7-5-4-6-21(19)23/h4-11,15-17,22,24-26,32,36-37H,12-14,31H2,1-3H3,(H,33,38)(H,34,40)(H,35,39)(H,41,42). The van der Waals surface area contributed by atoms with Crippen LogP contribution < -0.4 is 21.7 Å². The minimum absolute atomic E-state index is 0.0170. The lowest BCUT2D eigenvalue weighted by Crippen LogP contribution is -2.60. The van der Waals surface area contributed by atoms with Crippen LogP contribution in [0.15, 0.2) is 54.7 Å². The van der Waals surface area contributed by atoms with E-state index >= 15 is 0 Å². The lowest BCUT2D eigenvalue weighted by molar-refractivity contribution is -0.143. The summed E-state index contributed by atoms with van der Waals surface area (Å²) in [4.78, 5) is 54.4. The van der Waals surface area contributed by atoms with Crippen LogP contribution in [0.25, 0.3) is 10.9 Å². The zero-order valence-electron chi connectivity index (χ0n) is 23.8. The number of H-pyrrole nitrogens is 1. The SMILES string of the molecule is CC(C)CC(NC(=O)C(NC(=O)C(Cc1ccc(O)cc1)NC(=O)C(N)Cc1c[nH]c2ccccc12)C(C)O)C(=O)O. The molecule has 12 nitrogen and oxygen atoms in total. The fourth-order valence-corrected chi connectivity index (χ4v) is 4.60. The lowest BCUT2D eigenvalue weighted by Gasteiger charge is -2.27. The number of carbonyl (C=O) groups excluding carboxylic acids is 3. The summed E-state index contributed by atoms with van der Waals surface area (Å²) in [6.07, 6.45) is 0.714. The number of nitrogens with one attached hydrogen (secondary N) is 4. The number of phenols is 1. The van der Waals surface area contributed by atoms with Crippen molar-refractivity contribution in [3.63, 3.8) is 0 Å². The molecular weight excluding hydrogens is 542 g/mol. The van der Waals surface area contributed by atoms with Gasteiger partial charge in [0.25, 0.3) is 0 Å². The van der Waals surface area contributed by atoms with Crippen LogP contribution in [0.1, 0.15) is 38.3 Å². The van der Waals surface area contributed by atoms with Gasteiger partial charge in [-0.2, -0.15) is 0 Å². The number of aromatic hydroxyl groups is 1. The highest BCUT2D eigenvalue weighted by Crippen LogP contribution is 2.19. The van der Waals surface area contributed by atoms with Crippen molar-refractivity contribution in [2.45, 2.75) is 70.3 Å². The molecule has 1 heterocycles. The Balaban J connectivity index is 1.77. The number of para-hydroxylation sites is 1. The minimum Gasteiger partial charge on any atom is -0.508 e. The molecule has 0 saturated carbocycles. The third-order valence-electron chi connectivity index (χ3n) is 6.84. The molecule has 3 amide bonds. The summed E-state index contributed by atoms with van der Waals surface area (Å²) in [7, 11) is 0. The molecule has 5 unspecified atom stereocenters. The van der Waals surface area contributed by atoms with Crippen molar-refractivity contribution in [3.05, 3.63) is 65.9 Å². The van der Waals surface area contributed by atoms with Gasteiger partial charge in [-0.3, -0.25) is 14.4 Å². The Hall–Kier alpha value is -4.42. The molecule has 1 aromatic heterocycles. The second kappa shape index (κ2) is 14.5. The molecule has 3 rings (SSSR count). The van der Waals surface area contributed by atoms with Crippen LogP contribution in [0.2, 0.25) is 0 Å². The number of aliphatic carboxylic acids is 1.